The molecule has 0 spiro atoms. The molecule has 2 rings (SSSR count). The highest BCUT2D eigenvalue weighted by Gasteiger charge is 2.19. The fourth-order valence-electron chi connectivity index (χ4n) is 2.46. The van der Waals surface area contributed by atoms with Gasteiger partial charge in [0, 0.05) is 38.8 Å². The highest BCUT2D eigenvalue weighted by Crippen LogP contribution is 2.21. The van der Waals surface area contributed by atoms with Crippen LogP contribution in [0, 0.1) is 0 Å². The number of sulfonamides is 1. The second-order valence-electron chi connectivity index (χ2n) is 6.01. The molecule has 0 aliphatic rings. The molecular formula is C19H24N2O4S. The number of amides is 1. The Hall–Kier alpha value is -2.38. The molecule has 0 atom stereocenters. The van der Waals surface area contributed by atoms with Gasteiger partial charge in [0.15, 0.2) is 0 Å². The molecule has 0 unspecified atom stereocenters. The highest BCUT2D eigenvalue weighted by molar-refractivity contribution is 7.89. The first-order chi connectivity index (χ1) is 12.3. The van der Waals surface area contributed by atoms with Crippen LogP contribution in [-0.4, -0.2) is 51.3 Å². The van der Waals surface area contributed by atoms with Crippen molar-refractivity contribution in [1.29, 1.82) is 0 Å². The van der Waals surface area contributed by atoms with Gasteiger partial charge in [-0.3, -0.25) is 4.79 Å². The highest BCUT2D eigenvalue weighted by atomic mass is 32.2. The summed E-state index contributed by atoms with van der Waals surface area (Å²) in [7, 11) is 1.14. The molecule has 2 aromatic rings. The molecule has 0 aliphatic carbocycles. The van der Waals surface area contributed by atoms with Crippen LogP contribution in [0.15, 0.2) is 53.4 Å². The zero-order valence-electron chi connectivity index (χ0n) is 15.5. The van der Waals surface area contributed by atoms with E-state index >= 15 is 0 Å². The van der Waals surface area contributed by atoms with E-state index in [-0.39, 0.29) is 10.8 Å². The Bertz CT molecular complexity index is 861. The van der Waals surface area contributed by atoms with Crippen molar-refractivity contribution >= 4 is 15.9 Å². The van der Waals surface area contributed by atoms with Crippen LogP contribution < -0.4 is 4.74 Å². The fourth-order valence-corrected chi connectivity index (χ4v) is 3.36. The molecule has 7 heteroatoms. The molecule has 6 nitrogen and oxygen atoms in total. The summed E-state index contributed by atoms with van der Waals surface area (Å²) in [6.07, 6.45) is 0. The molecule has 0 aliphatic heterocycles. The van der Waals surface area contributed by atoms with Crippen molar-refractivity contribution in [2.75, 3.05) is 27.7 Å². The number of hydrogen-bond donors (Lipinski definition) is 0. The number of hydrogen-bond acceptors (Lipinski definition) is 4. The minimum Gasteiger partial charge on any atom is -0.494 e. The van der Waals surface area contributed by atoms with Crippen molar-refractivity contribution in [2.24, 2.45) is 0 Å². The third kappa shape index (κ3) is 4.42. The van der Waals surface area contributed by atoms with Gasteiger partial charge in [-0.05, 0) is 37.3 Å². The summed E-state index contributed by atoms with van der Waals surface area (Å²) in [5.41, 5.74) is 1.34. The van der Waals surface area contributed by atoms with Crippen molar-refractivity contribution < 1.29 is 17.9 Å². The lowest BCUT2D eigenvalue weighted by atomic mass is 10.1. The molecule has 0 N–H and O–H groups in total. The van der Waals surface area contributed by atoms with Crippen LogP contribution in [0.25, 0.3) is 0 Å². The monoisotopic (exact) mass is 376 g/mol. The normalized spacial score (nSPS) is 11.4. The Morgan fingerprint density at radius 3 is 2.19 bits per heavy atom. The smallest absolute Gasteiger partial charge is 0.253 e. The number of ether oxygens (including phenoxy) is 1. The molecule has 0 saturated carbocycles. The Balaban J connectivity index is 2.16. The predicted molar refractivity (Wildman–Crippen MR) is 101 cm³/mol. The predicted octanol–water partition coefficient (Wildman–Crippen LogP) is 2.61. The molecule has 140 valence electrons. The number of rotatable bonds is 7. The van der Waals surface area contributed by atoms with Crippen molar-refractivity contribution in [2.45, 2.75) is 18.4 Å². The fraction of sp³-hybridized carbons (Fsp3) is 0.316. The number of benzene rings is 2. The van der Waals surface area contributed by atoms with Gasteiger partial charge in [0.1, 0.15) is 5.75 Å². The summed E-state index contributed by atoms with van der Waals surface area (Å²) in [5, 5.41) is 0. The van der Waals surface area contributed by atoms with Gasteiger partial charge in [-0.1, -0.05) is 18.2 Å². The SMILES string of the molecule is CCOc1ccccc1CN(C)C(=O)c1ccc(S(=O)(=O)N(C)C)cc1. The Labute approximate surface area is 155 Å². The van der Waals surface area contributed by atoms with E-state index in [1.165, 1.54) is 38.4 Å². The lowest BCUT2D eigenvalue weighted by molar-refractivity contribution is 0.0784. The number of nitrogens with zero attached hydrogens (tertiary/aromatic N) is 2. The van der Waals surface area contributed by atoms with Crippen LogP contribution in [0.4, 0.5) is 0 Å². The van der Waals surface area contributed by atoms with Crippen molar-refractivity contribution in [1.82, 2.24) is 9.21 Å². The van der Waals surface area contributed by atoms with Crippen LogP contribution >= 0.6 is 0 Å². The maximum atomic E-state index is 12.6. The van der Waals surface area contributed by atoms with E-state index in [0.29, 0.717) is 18.7 Å². The van der Waals surface area contributed by atoms with Gasteiger partial charge in [0.2, 0.25) is 10.0 Å². The topological polar surface area (TPSA) is 66.9 Å². The Morgan fingerprint density at radius 1 is 1.00 bits per heavy atom. The molecule has 1 amide bonds. The van der Waals surface area contributed by atoms with E-state index in [0.717, 1.165) is 15.6 Å². The molecule has 0 fully saturated rings. The van der Waals surface area contributed by atoms with E-state index in [9.17, 15) is 13.2 Å². The van der Waals surface area contributed by atoms with Crippen LogP contribution in [0.3, 0.4) is 0 Å². The first-order valence-electron chi connectivity index (χ1n) is 8.26. The number of para-hydroxylation sites is 1. The Kier molecular flexibility index (Phi) is 6.39. The van der Waals surface area contributed by atoms with Gasteiger partial charge in [-0.15, -0.1) is 0 Å². The second kappa shape index (κ2) is 8.33. The van der Waals surface area contributed by atoms with Gasteiger partial charge in [0.05, 0.1) is 11.5 Å². The van der Waals surface area contributed by atoms with Gasteiger partial charge in [0.25, 0.3) is 5.91 Å². The van der Waals surface area contributed by atoms with E-state index in [4.69, 9.17) is 4.74 Å². The quantitative estimate of drug-likeness (QED) is 0.745. The van der Waals surface area contributed by atoms with Gasteiger partial charge in [-0.25, -0.2) is 12.7 Å². The van der Waals surface area contributed by atoms with E-state index in [2.05, 4.69) is 0 Å². The van der Waals surface area contributed by atoms with E-state index < -0.39 is 10.0 Å². The van der Waals surface area contributed by atoms with Crippen LogP contribution in [0.5, 0.6) is 5.75 Å². The van der Waals surface area contributed by atoms with E-state index in [1.54, 1.807) is 11.9 Å². The zero-order chi connectivity index (χ0) is 19.3. The molecule has 0 aromatic heterocycles. The van der Waals surface area contributed by atoms with Gasteiger partial charge in [-0.2, -0.15) is 0 Å². The largest absolute Gasteiger partial charge is 0.494 e. The summed E-state index contributed by atoms with van der Waals surface area (Å²) in [6, 6.07) is 13.5. The first kappa shape index (κ1) is 19.9. The number of carbonyl (C=O) groups is 1. The number of carbonyl (C=O) groups excluding carboxylic acids is 1. The van der Waals surface area contributed by atoms with Crippen molar-refractivity contribution in [3.63, 3.8) is 0 Å². The maximum absolute atomic E-state index is 12.6. The maximum Gasteiger partial charge on any atom is 0.253 e. The van der Waals surface area contributed by atoms with Crippen LogP contribution in [0.2, 0.25) is 0 Å². The van der Waals surface area contributed by atoms with Gasteiger partial charge < -0.3 is 9.64 Å². The van der Waals surface area contributed by atoms with Crippen LogP contribution in [0.1, 0.15) is 22.8 Å². The summed E-state index contributed by atoms with van der Waals surface area (Å²) in [6.45, 7) is 2.86. The first-order valence-corrected chi connectivity index (χ1v) is 9.70. The van der Waals surface area contributed by atoms with E-state index in [1.807, 2.05) is 31.2 Å². The summed E-state index contributed by atoms with van der Waals surface area (Å²) < 4.78 is 30.9. The molecular weight excluding hydrogens is 352 g/mol. The standard InChI is InChI=1S/C19H24N2O4S/c1-5-25-18-9-7-6-8-16(18)14-21(4)19(22)15-10-12-17(13-11-15)26(23,24)20(2)3/h6-13H,5,14H2,1-4H3. The zero-order valence-corrected chi connectivity index (χ0v) is 16.3. The lowest BCUT2D eigenvalue weighted by Crippen LogP contribution is -2.26. The van der Waals surface area contributed by atoms with Crippen LogP contribution in [-0.2, 0) is 16.6 Å². The Morgan fingerprint density at radius 2 is 1.62 bits per heavy atom. The third-order valence-corrected chi connectivity index (χ3v) is 5.74. The summed E-state index contributed by atoms with van der Waals surface area (Å²) in [5.74, 6) is 0.562. The molecule has 0 saturated heterocycles. The summed E-state index contributed by atoms with van der Waals surface area (Å²) >= 11 is 0. The minimum atomic E-state index is -3.51. The van der Waals surface area contributed by atoms with Gasteiger partial charge >= 0.3 is 0 Å². The lowest BCUT2D eigenvalue weighted by Gasteiger charge is -2.19. The summed E-state index contributed by atoms with van der Waals surface area (Å²) in [4.78, 5) is 14.4. The van der Waals surface area contributed by atoms with Crippen molar-refractivity contribution in [3.05, 3.63) is 59.7 Å². The molecule has 0 bridgehead atoms. The average Bonchev–Trinajstić information content (AvgIpc) is 2.63. The molecule has 26 heavy (non-hydrogen) atoms. The molecule has 0 heterocycles. The minimum absolute atomic E-state index is 0.156. The van der Waals surface area contributed by atoms with Crippen molar-refractivity contribution in [3.8, 4) is 5.75 Å². The third-order valence-electron chi connectivity index (χ3n) is 3.91. The molecule has 2 aromatic carbocycles. The molecule has 0 radical (unpaired) electrons. The second-order valence-corrected chi connectivity index (χ2v) is 8.17. The average molecular weight is 376 g/mol.